The molecule has 0 spiro atoms. The van der Waals surface area contributed by atoms with E-state index in [4.69, 9.17) is 5.21 Å². The van der Waals surface area contributed by atoms with Crippen LogP contribution in [0.15, 0.2) is 48.8 Å². The van der Waals surface area contributed by atoms with Crippen molar-refractivity contribution < 1.29 is 15.2 Å². The molecule has 4 N–H and O–H groups in total. The van der Waals surface area contributed by atoms with Gasteiger partial charge in [0.05, 0.1) is 0 Å². The molecule has 0 bridgehead atoms. The van der Waals surface area contributed by atoms with Crippen LogP contribution in [0.25, 0.3) is 0 Å². The molecule has 104 valence electrons. The van der Waals surface area contributed by atoms with Crippen LogP contribution in [-0.4, -0.2) is 16.2 Å². The fourth-order valence-electron chi connectivity index (χ4n) is 1.56. The molecule has 0 aliphatic rings. The molecule has 20 heavy (non-hydrogen) atoms. The van der Waals surface area contributed by atoms with Crippen molar-refractivity contribution in [3.63, 3.8) is 0 Å². The lowest BCUT2D eigenvalue weighted by Gasteiger charge is -2.12. The van der Waals surface area contributed by atoms with Gasteiger partial charge in [-0.25, -0.2) is 10.0 Å². The summed E-state index contributed by atoms with van der Waals surface area (Å²) < 4.78 is 0. The van der Waals surface area contributed by atoms with E-state index in [1.54, 1.807) is 18.5 Å². The molecular formula is C13H14N4O3. The van der Waals surface area contributed by atoms with Crippen LogP contribution in [-0.2, 0) is 6.54 Å². The van der Waals surface area contributed by atoms with Gasteiger partial charge in [0.1, 0.15) is 0 Å². The zero-order valence-corrected chi connectivity index (χ0v) is 10.5. The Bertz CT molecular complexity index is 558. The predicted octanol–water partition coefficient (Wildman–Crippen LogP) is 0.807. The van der Waals surface area contributed by atoms with Gasteiger partial charge in [-0.3, -0.25) is 4.98 Å². The molecule has 0 saturated heterocycles. The Hall–Kier alpha value is -2.48. The first-order valence-electron chi connectivity index (χ1n) is 5.92. The van der Waals surface area contributed by atoms with Crippen molar-refractivity contribution in [2.45, 2.75) is 6.54 Å². The van der Waals surface area contributed by atoms with Gasteiger partial charge in [0.25, 0.3) is 0 Å². The predicted molar refractivity (Wildman–Crippen MR) is 72.3 cm³/mol. The number of nitrogens with zero attached hydrogens (tertiary/aromatic N) is 1. The molecule has 7 nitrogen and oxygen atoms in total. The summed E-state index contributed by atoms with van der Waals surface area (Å²) in [7, 11) is 0. The van der Waals surface area contributed by atoms with E-state index in [1.165, 1.54) is 24.3 Å². The number of urea groups is 1. The minimum absolute atomic E-state index is 0.173. The molecule has 1 heterocycles. The number of hydrogen-bond acceptors (Lipinski definition) is 4. The molecule has 0 saturated carbocycles. The topological polar surface area (TPSA) is 102 Å². The molecule has 2 amide bonds. The van der Waals surface area contributed by atoms with Crippen molar-refractivity contribution in [1.29, 1.82) is 0 Å². The molecule has 0 fully saturated rings. The van der Waals surface area contributed by atoms with Crippen molar-refractivity contribution in [2.75, 3.05) is 5.32 Å². The van der Waals surface area contributed by atoms with E-state index in [1.807, 2.05) is 6.07 Å². The molecule has 0 aliphatic heterocycles. The first-order valence-corrected chi connectivity index (χ1v) is 5.92. The summed E-state index contributed by atoms with van der Waals surface area (Å²) in [5.74, 6) is 0. The number of rotatable bonds is 4. The van der Waals surface area contributed by atoms with Crippen LogP contribution in [0.4, 0.5) is 16.2 Å². The monoisotopic (exact) mass is 274 g/mol. The highest BCUT2D eigenvalue weighted by Crippen LogP contribution is 2.10. The van der Waals surface area contributed by atoms with Gasteiger partial charge >= 0.3 is 6.03 Å². The first kappa shape index (κ1) is 13.9. The van der Waals surface area contributed by atoms with E-state index >= 15 is 0 Å². The van der Waals surface area contributed by atoms with E-state index < -0.39 is 5.23 Å². The van der Waals surface area contributed by atoms with Crippen LogP contribution < -0.4 is 15.9 Å². The third kappa shape index (κ3) is 4.02. The second-order valence-corrected chi connectivity index (χ2v) is 4.05. The van der Waals surface area contributed by atoms with Crippen molar-refractivity contribution in [1.82, 2.24) is 10.3 Å². The number of carbonyl (C=O) groups is 1. The first-order chi connectivity index (χ1) is 9.65. The van der Waals surface area contributed by atoms with Crippen LogP contribution in [0.1, 0.15) is 5.56 Å². The summed E-state index contributed by atoms with van der Waals surface area (Å²) in [6.07, 6.45) is 3.33. The number of amides is 2. The lowest BCUT2D eigenvalue weighted by molar-refractivity contribution is -0.991. The fraction of sp³-hybridized carbons (Fsp3) is 0.0769. The third-order valence-electron chi connectivity index (χ3n) is 2.57. The van der Waals surface area contributed by atoms with Crippen LogP contribution in [0, 0.1) is 5.21 Å². The normalized spacial score (nSPS) is 11.7. The molecule has 0 aliphatic carbocycles. The number of hydrogen-bond donors (Lipinski definition) is 4. The second-order valence-electron chi connectivity index (χ2n) is 4.05. The molecule has 1 atom stereocenters. The summed E-state index contributed by atoms with van der Waals surface area (Å²) in [6.45, 7) is 0.368. The standard InChI is InChI=1S/C13H14N4O3/c18-13(15-9-10-2-1-7-14-8-10)16-11-3-5-12(6-4-11)17(19)20/h1-8,17,19H,9H2,(H2,15,16,18). The minimum atomic E-state index is -1.00. The van der Waals surface area contributed by atoms with E-state index in [2.05, 4.69) is 15.6 Å². The maximum Gasteiger partial charge on any atom is 0.319 e. The number of benzene rings is 1. The van der Waals surface area contributed by atoms with Crippen LogP contribution in [0.2, 0.25) is 0 Å². The number of anilines is 1. The van der Waals surface area contributed by atoms with Gasteiger partial charge in [0.15, 0.2) is 5.69 Å². The van der Waals surface area contributed by atoms with Gasteiger partial charge in [-0.05, 0) is 23.8 Å². The lowest BCUT2D eigenvalue weighted by atomic mass is 10.3. The molecule has 1 unspecified atom stereocenters. The number of pyridine rings is 1. The van der Waals surface area contributed by atoms with E-state index in [0.717, 1.165) is 5.56 Å². The summed E-state index contributed by atoms with van der Waals surface area (Å²) >= 11 is 0. The zero-order chi connectivity index (χ0) is 14.4. The number of aromatic nitrogens is 1. The fourth-order valence-corrected chi connectivity index (χ4v) is 1.56. The van der Waals surface area contributed by atoms with Gasteiger partial charge < -0.3 is 15.8 Å². The van der Waals surface area contributed by atoms with Crippen LogP contribution >= 0.6 is 0 Å². The lowest BCUT2D eigenvalue weighted by Crippen LogP contribution is -2.99. The van der Waals surface area contributed by atoms with Gasteiger partial charge in [0.2, 0.25) is 0 Å². The summed E-state index contributed by atoms with van der Waals surface area (Å²) in [4.78, 5) is 15.6. The van der Waals surface area contributed by atoms with Gasteiger partial charge in [-0.15, -0.1) is 0 Å². The Morgan fingerprint density at radius 2 is 2.05 bits per heavy atom. The van der Waals surface area contributed by atoms with Gasteiger partial charge in [0, 0.05) is 36.8 Å². The third-order valence-corrected chi connectivity index (χ3v) is 2.57. The molecule has 0 radical (unpaired) electrons. The Morgan fingerprint density at radius 1 is 1.30 bits per heavy atom. The van der Waals surface area contributed by atoms with Crippen molar-refractivity contribution in [3.05, 3.63) is 59.6 Å². The quantitative estimate of drug-likeness (QED) is 0.619. The largest absolute Gasteiger partial charge is 0.595 e. The van der Waals surface area contributed by atoms with Crippen molar-refractivity contribution in [3.8, 4) is 0 Å². The highest BCUT2D eigenvalue weighted by atomic mass is 16.8. The average molecular weight is 274 g/mol. The SMILES string of the molecule is O=C(NCc1cccnc1)Nc1ccc([NH+]([O-])O)cc1. The van der Waals surface area contributed by atoms with E-state index in [0.29, 0.717) is 12.2 Å². The van der Waals surface area contributed by atoms with Crippen LogP contribution in [0.3, 0.4) is 0 Å². The smallest absolute Gasteiger partial charge is 0.319 e. The highest BCUT2D eigenvalue weighted by Gasteiger charge is 2.03. The Morgan fingerprint density at radius 3 is 2.65 bits per heavy atom. The van der Waals surface area contributed by atoms with Gasteiger partial charge in [-0.1, -0.05) is 6.07 Å². The molecule has 1 aromatic carbocycles. The number of carbonyl (C=O) groups excluding carboxylic acids is 1. The second kappa shape index (κ2) is 6.62. The molecule has 2 aromatic rings. The van der Waals surface area contributed by atoms with Crippen molar-refractivity contribution >= 4 is 17.4 Å². The average Bonchev–Trinajstić information content (AvgIpc) is 2.47. The molecular weight excluding hydrogens is 260 g/mol. The number of nitrogens with one attached hydrogen (secondary N) is 3. The highest BCUT2D eigenvalue weighted by molar-refractivity contribution is 5.89. The molecule has 7 heteroatoms. The minimum Gasteiger partial charge on any atom is -0.595 e. The Kier molecular flexibility index (Phi) is 4.61. The van der Waals surface area contributed by atoms with E-state index in [9.17, 15) is 10.0 Å². The van der Waals surface area contributed by atoms with E-state index in [-0.39, 0.29) is 11.7 Å². The zero-order valence-electron chi connectivity index (χ0n) is 10.5. The summed E-state index contributed by atoms with van der Waals surface area (Å²) in [6, 6.07) is 9.21. The maximum absolute atomic E-state index is 11.6. The molecule has 1 aromatic heterocycles. The van der Waals surface area contributed by atoms with Crippen LogP contribution in [0.5, 0.6) is 0 Å². The Labute approximate surface area is 115 Å². The summed E-state index contributed by atoms with van der Waals surface area (Å²) in [5.41, 5.74) is 1.59. The van der Waals surface area contributed by atoms with Gasteiger partial charge in [-0.2, -0.15) is 5.23 Å². The Balaban J connectivity index is 1.85. The summed E-state index contributed by atoms with van der Waals surface area (Å²) in [5, 5.41) is 23.7. The maximum atomic E-state index is 11.6. The number of quaternary nitrogens is 1. The van der Waals surface area contributed by atoms with Crippen molar-refractivity contribution in [2.24, 2.45) is 0 Å². The molecule has 2 rings (SSSR count).